The number of rotatable bonds is 8. The Morgan fingerprint density at radius 3 is 2.29 bits per heavy atom. The first kappa shape index (κ1) is 23.0. The van der Waals surface area contributed by atoms with Crippen molar-refractivity contribution in [2.24, 2.45) is 0 Å². The summed E-state index contributed by atoms with van der Waals surface area (Å²) in [4.78, 5) is 17.3. The van der Waals surface area contributed by atoms with E-state index in [1.54, 1.807) is 54.7 Å². The number of sulfonamides is 1. The minimum Gasteiger partial charge on any atom is -0.497 e. The van der Waals surface area contributed by atoms with E-state index >= 15 is 0 Å². The largest absolute Gasteiger partial charge is 0.497 e. The summed E-state index contributed by atoms with van der Waals surface area (Å²) in [7, 11) is -2.50. The molecule has 0 radical (unpaired) electrons. The summed E-state index contributed by atoms with van der Waals surface area (Å²) < 4.78 is 34.0. The Morgan fingerprint density at radius 1 is 0.912 bits per heavy atom. The van der Waals surface area contributed by atoms with Gasteiger partial charge in [-0.1, -0.05) is 42.5 Å². The fourth-order valence-electron chi connectivity index (χ4n) is 3.44. The van der Waals surface area contributed by atoms with E-state index in [0.717, 1.165) is 5.56 Å². The van der Waals surface area contributed by atoms with E-state index in [9.17, 15) is 13.2 Å². The van der Waals surface area contributed by atoms with Crippen LogP contribution in [0.3, 0.4) is 0 Å². The molecule has 0 saturated carbocycles. The normalized spacial score (nSPS) is 11.0. The lowest BCUT2D eigenvalue weighted by Gasteiger charge is -2.26. The van der Waals surface area contributed by atoms with Crippen LogP contribution >= 0.6 is 0 Å². The first-order valence-electron chi connectivity index (χ1n) is 10.5. The summed E-state index contributed by atoms with van der Waals surface area (Å²) in [5.74, 6) is 0.108. The Labute approximate surface area is 198 Å². The summed E-state index contributed by atoms with van der Waals surface area (Å²) in [6.45, 7) is 0.0480. The summed E-state index contributed by atoms with van der Waals surface area (Å²) in [5.41, 5.74) is 1.78. The molecule has 172 valence electrons. The van der Waals surface area contributed by atoms with Crippen molar-refractivity contribution >= 4 is 27.3 Å². The number of amides is 1. The van der Waals surface area contributed by atoms with Gasteiger partial charge >= 0.3 is 0 Å². The van der Waals surface area contributed by atoms with Crippen LogP contribution in [0.25, 0.3) is 0 Å². The molecule has 1 aromatic heterocycles. The molecule has 1 amide bonds. The molecule has 0 fully saturated rings. The fourth-order valence-corrected chi connectivity index (χ4v) is 4.91. The van der Waals surface area contributed by atoms with E-state index in [4.69, 9.17) is 4.74 Å². The van der Waals surface area contributed by atoms with E-state index in [2.05, 4.69) is 10.3 Å². The van der Waals surface area contributed by atoms with Crippen LogP contribution in [0, 0.1) is 0 Å². The number of ether oxygens (including phenoxy) is 1. The van der Waals surface area contributed by atoms with E-state index in [1.807, 2.05) is 30.3 Å². The maximum atomic E-state index is 13.8. The highest BCUT2D eigenvalue weighted by Crippen LogP contribution is 2.30. The molecule has 0 atom stereocenters. The number of nitrogens with zero attached hydrogens (tertiary/aromatic N) is 2. The van der Waals surface area contributed by atoms with Crippen LogP contribution in [0.2, 0.25) is 0 Å². The van der Waals surface area contributed by atoms with E-state index in [0.29, 0.717) is 11.4 Å². The van der Waals surface area contributed by atoms with Crippen molar-refractivity contribution in [2.45, 2.75) is 11.4 Å². The van der Waals surface area contributed by atoms with Gasteiger partial charge in [0.15, 0.2) is 0 Å². The summed E-state index contributed by atoms with van der Waals surface area (Å²) in [6, 6.07) is 25.4. The Morgan fingerprint density at radius 2 is 1.62 bits per heavy atom. The lowest BCUT2D eigenvalue weighted by atomic mass is 10.1. The summed E-state index contributed by atoms with van der Waals surface area (Å²) in [5, 5.41) is 2.78. The number of carbonyl (C=O) groups is 1. The molecule has 0 aliphatic carbocycles. The van der Waals surface area contributed by atoms with Gasteiger partial charge in [-0.15, -0.1) is 0 Å². The predicted octanol–water partition coefficient (Wildman–Crippen LogP) is 4.74. The first-order valence-corrected chi connectivity index (χ1v) is 11.9. The molecule has 8 heteroatoms. The maximum Gasteiger partial charge on any atom is 0.264 e. The molecular formula is C26H23N3O4S. The monoisotopic (exact) mass is 473 g/mol. The minimum atomic E-state index is -4.02. The first-order chi connectivity index (χ1) is 16.5. The van der Waals surface area contributed by atoms with Crippen molar-refractivity contribution in [2.75, 3.05) is 16.7 Å². The van der Waals surface area contributed by atoms with E-state index in [1.165, 1.54) is 29.7 Å². The molecule has 0 unspecified atom stereocenters. The molecule has 0 aliphatic heterocycles. The van der Waals surface area contributed by atoms with Crippen LogP contribution in [0.4, 0.5) is 11.4 Å². The molecule has 1 N–H and O–H groups in total. The number of hydrogen-bond donors (Lipinski definition) is 1. The highest BCUT2D eigenvalue weighted by molar-refractivity contribution is 7.92. The minimum absolute atomic E-state index is 0.0480. The number of carbonyl (C=O) groups excluding carboxylic acids is 1. The van der Waals surface area contributed by atoms with E-state index in [-0.39, 0.29) is 22.7 Å². The number of methoxy groups -OCH3 is 1. The SMILES string of the molecule is COc1ccc(S(=O)(=O)N(Cc2ccccc2)c2ccccc2C(=O)Nc2cccnc2)cc1. The second kappa shape index (κ2) is 10.2. The molecular weight excluding hydrogens is 450 g/mol. The van der Waals surface area contributed by atoms with Crippen molar-refractivity contribution in [1.29, 1.82) is 0 Å². The zero-order chi connectivity index (χ0) is 24.0. The van der Waals surface area contributed by atoms with Gasteiger partial charge in [-0.25, -0.2) is 8.42 Å². The molecule has 3 aromatic carbocycles. The molecule has 0 bridgehead atoms. The highest BCUT2D eigenvalue weighted by Gasteiger charge is 2.28. The van der Waals surface area contributed by atoms with Crippen LogP contribution in [0.5, 0.6) is 5.75 Å². The number of hydrogen-bond acceptors (Lipinski definition) is 5. The number of anilines is 2. The number of benzene rings is 3. The van der Waals surface area contributed by atoms with Gasteiger partial charge in [-0.05, 0) is 54.1 Å². The zero-order valence-electron chi connectivity index (χ0n) is 18.5. The topological polar surface area (TPSA) is 88.6 Å². The van der Waals surface area contributed by atoms with Crippen molar-refractivity contribution in [1.82, 2.24) is 4.98 Å². The van der Waals surface area contributed by atoms with Crippen molar-refractivity contribution < 1.29 is 17.9 Å². The number of pyridine rings is 1. The van der Waals surface area contributed by atoms with Gasteiger partial charge in [0.1, 0.15) is 5.75 Å². The Kier molecular flexibility index (Phi) is 6.89. The molecule has 34 heavy (non-hydrogen) atoms. The molecule has 1 heterocycles. The predicted molar refractivity (Wildman–Crippen MR) is 131 cm³/mol. The zero-order valence-corrected chi connectivity index (χ0v) is 19.3. The second-order valence-corrected chi connectivity index (χ2v) is 9.25. The van der Waals surface area contributed by atoms with Gasteiger partial charge in [0, 0.05) is 6.20 Å². The van der Waals surface area contributed by atoms with Gasteiger partial charge in [0.05, 0.1) is 41.7 Å². The number of para-hydroxylation sites is 1. The van der Waals surface area contributed by atoms with Gasteiger partial charge < -0.3 is 10.1 Å². The van der Waals surface area contributed by atoms with Crippen LogP contribution in [0.15, 0.2) is 108 Å². The number of nitrogens with one attached hydrogen (secondary N) is 1. The highest BCUT2D eigenvalue weighted by atomic mass is 32.2. The van der Waals surface area contributed by atoms with Gasteiger partial charge in [0.2, 0.25) is 0 Å². The molecule has 4 rings (SSSR count). The molecule has 0 aliphatic rings. The van der Waals surface area contributed by atoms with Crippen molar-refractivity contribution in [3.8, 4) is 5.75 Å². The Hall–Kier alpha value is -4.17. The fraction of sp³-hybridized carbons (Fsp3) is 0.0769. The standard InChI is InChI=1S/C26H23N3O4S/c1-33-22-13-15-23(16-14-22)34(31,32)29(19-20-8-3-2-4-9-20)25-12-6-5-11-24(25)26(30)28-21-10-7-17-27-18-21/h2-18H,19H2,1H3,(H,28,30). The average Bonchev–Trinajstić information content (AvgIpc) is 2.88. The second-order valence-electron chi connectivity index (χ2n) is 7.39. The lowest BCUT2D eigenvalue weighted by Crippen LogP contribution is -2.32. The van der Waals surface area contributed by atoms with Crippen LogP contribution in [0.1, 0.15) is 15.9 Å². The third kappa shape index (κ3) is 5.07. The van der Waals surface area contributed by atoms with E-state index < -0.39 is 15.9 Å². The molecule has 4 aromatic rings. The number of aromatic nitrogens is 1. The summed E-state index contributed by atoms with van der Waals surface area (Å²) in [6.07, 6.45) is 3.13. The average molecular weight is 474 g/mol. The van der Waals surface area contributed by atoms with Gasteiger partial charge in [0.25, 0.3) is 15.9 Å². The summed E-state index contributed by atoms with van der Waals surface area (Å²) >= 11 is 0. The Bertz CT molecular complexity index is 1360. The molecule has 0 spiro atoms. The molecule has 0 saturated heterocycles. The smallest absolute Gasteiger partial charge is 0.264 e. The lowest BCUT2D eigenvalue weighted by molar-refractivity contribution is 0.102. The third-order valence-corrected chi connectivity index (χ3v) is 6.93. The van der Waals surface area contributed by atoms with Gasteiger partial charge in [-0.2, -0.15) is 0 Å². The Balaban J connectivity index is 1.79. The quantitative estimate of drug-likeness (QED) is 0.399. The third-order valence-electron chi connectivity index (χ3n) is 5.15. The van der Waals surface area contributed by atoms with Crippen LogP contribution < -0.4 is 14.4 Å². The van der Waals surface area contributed by atoms with Crippen molar-refractivity contribution in [3.05, 3.63) is 115 Å². The maximum absolute atomic E-state index is 13.8. The van der Waals surface area contributed by atoms with Crippen LogP contribution in [-0.4, -0.2) is 26.4 Å². The van der Waals surface area contributed by atoms with Crippen molar-refractivity contribution in [3.63, 3.8) is 0 Å². The van der Waals surface area contributed by atoms with Crippen LogP contribution in [-0.2, 0) is 16.6 Å². The van der Waals surface area contributed by atoms with Gasteiger partial charge in [-0.3, -0.25) is 14.1 Å². The molecule has 7 nitrogen and oxygen atoms in total.